The van der Waals surface area contributed by atoms with Crippen LogP contribution in [0.4, 0.5) is 0 Å². The zero-order valence-electron chi connectivity index (χ0n) is 10.3. The fourth-order valence-corrected chi connectivity index (χ4v) is 2.41. The van der Waals surface area contributed by atoms with Gasteiger partial charge in [-0.25, -0.2) is 0 Å². The Hall–Kier alpha value is -0.770. The van der Waals surface area contributed by atoms with Crippen molar-refractivity contribution in [3.8, 4) is 0 Å². The van der Waals surface area contributed by atoms with Crippen LogP contribution in [0.15, 0.2) is 18.2 Å². The lowest BCUT2D eigenvalue weighted by atomic mass is 10.1. The van der Waals surface area contributed by atoms with Gasteiger partial charge in [0, 0.05) is 23.2 Å². The zero-order valence-corrected chi connectivity index (χ0v) is 11.9. The first-order valence-corrected chi connectivity index (χ1v) is 6.32. The summed E-state index contributed by atoms with van der Waals surface area (Å²) in [4.78, 5) is 11.9. The molecule has 0 aromatic heterocycles. The molecular weight excluding hydrogens is 271 g/mol. The van der Waals surface area contributed by atoms with Crippen LogP contribution in [0.3, 0.4) is 0 Å². The van der Waals surface area contributed by atoms with Gasteiger partial charge in [0.25, 0.3) is 5.91 Å². The smallest absolute Gasteiger partial charge is 0.251 e. The first-order valence-electron chi connectivity index (χ1n) is 5.94. The monoisotopic (exact) mass is 288 g/mol. The van der Waals surface area contributed by atoms with Crippen LogP contribution in [0.1, 0.15) is 28.8 Å². The Morgan fingerprint density at radius 3 is 2.89 bits per heavy atom. The third-order valence-corrected chi connectivity index (χ3v) is 3.19. The topological polar surface area (TPSA) is 41.1 Å². The molecule has 2 N–H and O–H groups in total. The maximum Gasteiger partial charge on any atom is 0.251 e. The van der Waals surface area contributed by atoms with Crippen molar-refractivity contribution < 1.29 is 4.79 Å². The Morgan fingerprint density at radius 2 is 2.28 bits per heavy atom. The van der Waals surface area contributed by atoms with Gasteiger partial charge in [0.05, 0.1) is 0 Å². The van der Waals surface area contributed by atoms with Crippen molar-refractivity contribution in [3.63, 3.8) is 0 Å². The van der Waals surface area contributed by atoms with Gasteiger partial charge in [-0.15, -0.1) is 12.4 Å². The molecule has 1 fully saturated rings. The molecule has 1 amide bonds. The molecule has 0 aliphatic carbocycles. The highest BCUT2D eigenvalue weighted by atomic mass is 35.5. The standard InChI is InChI=1S/C13H17ClN2O.ClH/c1-9-5-10(7-11(14)6-9)13(17)16-8-12-3-2-4-15-12;/h5-7,12,15H,2-4,8H2,1H3,(H,16,17);1H. The molecule has 1 aromatic rings. The number of aryl methyl sites for hydroxylation is 1. The highest BCUT2D eigenvalue weighted by molar-refractivity contribution is 6.31. The number of hydrogen-bond donors (Lipinski definition) is 2. The van der Waals surface area contributed by atoms with E-state index < -0.39 is 0 Å². The minimum atomic E-state index is -0.0516. The first kappa shape index (κ1) is 15.3. The van der Waals surface area contributed by atoms with Gasteiger partial charge in [-0.1, -0.05) is 11.6 Å². The summed E-state index contributed by atoms with van der Waals surface area (Å²) in [5.74, 6) is -0.0516. The van der Waals surface area contributed by atoms with E-state index in [1.165, 1.54) is 6.42 Å². The van der Waals surface area contributed by atoms with Crippen LogP contribution in [0.25, 0.3) is 0 Å². The van der Waals surface area contributed by atoms with Crippen LogP contribution < -0.4 is 10.6 Å². The zero-order chi connectivity index (χ0) is 12.3. The number of carbonyl (C=O) groups excluding carboxylic acids is 1. The molecule has 0 saturated carbocycles. The average molecular weight is 289 g/mol. The van der Waals surface area contributed by atoms with Gasteiger partial charge in [0.2, 0.25) is 0 Å². The second-order valence-corrected chi connectivity index (χ2v) is 4.96. The number of halogens is 2. The van der Waals surface area contributed by atoms with E-state index in [-0.39, 0.29) is 18.3 Å². The maximum absolute atomic E-state index is 11.9. The number of amides is 1. The maximum atomic E-state index is 11.9. The lowest BCUT2D eigenvalue weighted by Crippen LogP contribution is -2.37. The Morgan fingerprint density at radius 1 is 1.50 bits per heavy atom. The summed E-state index contributed by atoms with van der Waals surface area (Å²) < 4.78 is 0. The molecule has 0 bridgehead atoms. The van der Waals surface area contributed by atoms with E-state index in [1.807, 2.05) is 19.1 Å². The Labute approximate surface area is 119 Å². The lowest BCUT2D eigenvalue weighted by molar-refractivity contribution is 0.0950. The fourth-order valence-electron chi connectivity index (χ4n) is 2.12. The van der Waals surface area contributed by atoms with Crippen LogP contribution in [0.2, 0.25) is 5.02 Å². The molecule has 1 aromatic carbocycles. The van der Waals surface area contributed by atoms with Crippen molar-refractivity contribution in [3.05, 3.63) is 34.3 Å². The summed E-state index contributed by atoms with van der Waals surface area (Å²) in [5.41, 5.74) is 1.63. The fraction of sp³-hybridized carbons (Fsp3) is 0.462. The molecule has 1 unspecified atom stereocenters. The Balaban J connectivity index is 0.00000162. The molecule has 0 radical (unpaired) electrons. The van der Waals surface area contributed by atoms with Gasteiger partial charge in [-0.05, 0) is 50.1 Å². The van der Waals surface area contributed by atoms with Gasteiger partial charge >= 0.3 is 0 Å². The summed E-state index contributed by atoms with van der Waals surface area (Å²) in [6.45, 7) is 3.67. The molecule has 1 aliphatic heterocycles. The van der Waals surface area contributed by atoms with Gasteiger partial charge in [0.15, 0.2) is 0 Å². The van der Waals surface area contributed by atoms with Crippen LogP contribution in [0.5, 0.6) is 0 Å². The van der Waals surface area contributed by atoms with Crippen molar-refractivity contribution in [2.24, 2.45) is 0 Å². The molecule has 100 valence electrons. The summed E-state index contributed by atoms with van der Waals surface area (Å²) in [6, 6.07) is 5.81. The van der Waals surface area contributed by atoms with Crippen LogP contribution in [-0.4, -0.2) is 25.0 Å². The van der Waals surface area contributed by atoms with Gasteiger partial charge in [-0.2, -0.15) is 0 Å². The lowest BCUT2D eigenvalue weighted by Gasteiger charge is -2.11. The minimum absolute atomic E-state index is 0. The third kappa shape index (κ3) is 4.16. The normalized spacial score (nSPS) is 18.2. The Kier molecular flexibility index (Phi) is 5.93. The summed E-state index contributed by atoms with van der Waals surface area (Å²) in [6.07, 6.45) is 2.33. The predicted octanol–water partition coefficient (Wildman–Crippen LogP) is 2.55. The van der Waals surface area contributed by atoms with Gasteiger partial charge in [0.1, 0.15) is 0 Å². The number of carbonyl (C=O) groups is 1. The van der Waals surface area contributed by atoms with Crippen molar-refractivity contribution in [2.45, 2.75) is 25.8 Å². The quantitative estimate of drug-likeness (QED) is 0.898. The van der Waals surface area contributed by atoms with Crippen LogP contribution >= 0.6 is 24.0 Å². The van der Waals surface area contributed by atoms with E-state index in [0.29, 0.717) is 23.2 Å². The molecule has 3 nitrogen and oxygen atoms in total. The molecule has 1 atom stereocenters. The second kappa shape index (κ2) is 6.98. The highest BCUT2D eigenvalue weighted by Gasteiger charge is 2.15. The van der Waals surface area contributed by atoms with E-state index >= 15 is 0 Å². The van der Waals surface area contributed by atoms with E-state index in [0.717, 1.165) is 18.5 Å². The number of rotatable bonds is 3. The number of hydrogen-bond acceptors (Lipinski definition) is 2. The molecule has 0 spiro atoms. The van der Waals surface area contributed by atoms with E-state index in [2.05, 4.69) is 10.6 Å². The molecule has 18 heavy (non-hydrogen) atoms. The molecule has 1 heterocycles. The SMILES string of the molecule is Cc1cc(Cl)cc(C(=O)NCC2CCCN2)c1.Cl. The molecule has 1 saturated heterocycles. The highest BCUT2D eigenvalue weighted by Crippen LogP contribution is 2.14. The summed E-state index contributed by atoms with van der Waals surface area (Å²) in [5, 5.41) is 6.89. The minimum Gasteiger partial charge on any atom is -0.350 e. The largest absolute Gasteiger partial charge is 0.350 e. The predicted molar refractivity (Wildman–Crippen MR) is 76.8 cm³/mol. The number of nitrogens with one attached hydrogen (secondary N) is 2. The average Bonchev–Trinajstić information content (AvgIpc) is 2.77. The second-order valence-electron chi connectivity index (χ2n) is 4.52. The summed E-state index contributed by atoms with van der Waals surface area (Å²) >= 11 is 5.93. The van der Waals surface area contributed by atoms with Crippen molar-refractivity contribution in [2.75, 3.05) is 13.1 Å². The van der Waals surface area contributed by atoms with E-state index in [4.69, 9.17) is 11.6 Å². The van der Waals surface area contributed by atoms with Crippen LogP contribution in [0, 0.1) is 6.92 Å². The molecule has 5 heteroatoms. The van der Waals surface area contributed by atoms with Crippen LogP contribution in [-0.2, 0) is 0 Å². The van der Waals surface area contributed by atoms with E-state index in [1.54, 1.807) is 6.07 Å². The van der Waals surface area contributed by atoms with Crippen molar-refractivity contribution in [1.29, 1.82) is 0 Å². The first-order chi connectivity index (χ1) is 8.15. The summed E-state index contributed by atoms with van der Waals surface area (Å²) in [7, 11) is 0. The molecular formula is C13H18Cl2N2O. The number of benzene rings is 1. The van der Waals surface area contributed by atoms with Gasteiger partial charge in [-0.3, -0.25) is 4.79 Å². The van der Waals surface area contributed by atoms with Crippen molar-refractivity contribution in [1.82, 2.24) is 10.6 Å². The van der Waals surface area contributed by atoms with Gasteiger partial charge < -0.3 is 10.6 Å². The van der Waals surface area contributed by atoms with E-state index in [9.17, 15) is 4.79 Å². The molecule has 1 aliphatic rings. The van der Waals surface area contributed by atoms with Crippen molar-refractivity contribution >= 4 is 29.9 Å². The Bertz CT molecular complexity index is 397. The molecule has 2 rings (SSSR count). The third-order valence-electron chi connectivity index (χ3n) is 2.98.